The highest BCUT2D eigenvalue weighted by molar-refractivity contribution is 5.69. The van der Waals surface area contributed by atoms with Gasteiger partial charge < -0.3 is 14.7 Å². The van der Waals surface area contributed by atoms with Gasteiger partial charge in [0.2, 0.25) is 0 Å². The Morgan fingerprint density at radius 1 is 1.35 bits per heavy atom. The summed E-state index contributed by atoms with van der Waals surface area (Å²) in [4.78, 5) is 13.5. The highest BCUT2D eigenvalue weighted by atomic mass is 16.6. The summed E-state index contributed by atoms with van der Waals surface area (Å²) in [7, 11) is 0. The van der Waals surface area contributed by atoms with E-state index in [4.69, 9.17) is 4.74 Å². The van der Waals surface area contributed by atoms with Crippen molar-refractivity contribution in [3.05, 3.63) is 29.8 Å². The molecule has 0 bridgehead atoms. The molecular weight excluding hydrogens is 218 g/mol. The Bertz CT molecular complexity index is 400. The third kappa shape index (κ3) is 2.52. The molecule has 17 heavy (non-hydrogen) atoms. The van der Waals surface area contributed by atoms with Gasteiger partial charge in [-0.05, 0) is 31.5 Å². The number of phenolic OH excluding ortho intramolecular Hbond substituents is 1. The molecule has 1 atom stereocenters. The SMILES string of the molecule is CC(C)N1CCC(c2ccc(O)cc2)OC1=O. The zero-order chi connectivity index (χ0) is 12.4. The molecule has 1 aromatic carbocycles. The Morgan fingerprint density at radius 2 is 2.00 bits per heavy atom. The number of ether oxygens (including phenoxy) is 1. The van der Waals surface area contributed by atoms with Crippen molar-refractivity contribution in [2.24, 2.45) is 0 Å². The van der Waals surface area contributed by atoms with E-state index in [9.17, 15) is 9.90 Å². The molecule has 2 rings (SSSR count). The fourth-order valence-corrected chi connectivity index (χ4v) is 1.99. The first-order valence-electron chi connectivity index (χ1n) is 5.84. The van der Waals surface area contributed by atoms with Crippen LogP contribution in [0, 0.1) is 0 Å². The lowest BCUT2D eigenvalue weighted by molar-refractivity contribution is 0.0150. The molecule has 92 valence electrons. The number of phenols is 1. The smallest absolute Gasteiger partial charge is 0.410 e. The zero-order valence-corrected chi connectivity index (χ0v) is 10.1. The zero-order valence-electron chi connectivity index (χ0n) is 10.1. The minimum Gasteiger partial charge on any atom is -0.508 e. The van der Waals surface area contributed by atoms with Crippen LogP contribution < -0.4 is 0 Å². The van der Waals surface area contributed by atoms with Gasteiger partial charge in [0.05, 0.1) is 0 Å². The van der Waals surface area contributed by atoms with Crippen molar-refractivity contribution in [3.63, 3.8) is 0 Å². The number of benzene rings is 1. The maximum atomic E-state index is 11.7. The molecule has 1 amide bonds. The average Bonchev–Trinajstić information content (AvgIpc) is 2.29. The first-order chi connectivity index (χ1) is 8.08. The first-order valence-corrected chi connectivity index (χ1v) is 5.84. The van der Waals surface area contributed by atoms with Gasteiger partial charge in [0.25, 0.3) is 0 Å². The predicted octanol–water partition coefficient (Wildman–Crippen LogP) is 2.68. The predicted molar refractivity (Wildman–Crippen MR) is 63.8 cm³/mol. The maximum absolute atomic E-state index is 11.7. The average molecular weight is 235 g/mol. The van der Waals surface area contributed by atoms with Crippen LogP contribution >= 0.6 is 0 Å². The van der Waals surface area contributed by atoms with Crippen molar-refractivity contribution in [3.8, 4) is 5.75 Å². The van der Waals surface area contributed by atoms with E-state index in [-0.39, 0.29) is 24.0 Å². The van der Waals surface area contributed by atoms with Gasteiger partial charge >= 0.3 is 6.09 Å². The van der Waals surface area contributed by atoms with E-state index in [0.717, 1.165) is 12.0 Å². The van der Waals surface area contributed by atoms with Crippen LogP contribution in [-0.4, -0.2) is 28.7 Å². The van der Waals surface area contributed by atoms with E-state index in [1.165, 1.54) is 0 Å². The topological polar surface area (TPSA) is 49.8 Å². The molecule has 0 saturated carbocycles. The molecule has 1 heterocycles. The Morgan fingerprint density at radius 3 is 2.53 bits per heavy atom. The van der Waals surface area contributed by atoms with Crippen LogP contribution in [0.3, 0.4) is 0 Å². The summed E-state index contributed by atoms with van der Waals surface area (Å²) in [6.45, 7) is 4.66. The molecule has 1 aliphatic rings. The van der Waals surface area contributed by atoms with E-state index in [2.05, 4.69) is 0 Å². The van der Waals surface area contributed by atoms with Crippen LogP contribution in [0.15, 0.2) is 24.3 Å². The second kappa shape index (κ2) is 4.65. The summed E-state index contributed by atoms with van der Waals surface area (Å²) in [5.41, 5.74) is 0.930. The number of hydrogen-bond donors (Lipinski definition) is 1. The van der Waals surface area contributed by atoms with Crippen LogP contribution in [0.1, 0.15) is 31.9 Å². The maximum Gasteiger partial charge on any atom is 0.410 e. The quantitative estimate of drug-likeness (QED) is 0.857. The molecule has 4 nitrogen and oxygen atoms in total. The Balaban J connectivity index is 2.07. The molecule has 0 spiro atoms. The van der Waals surface area contributed by atoms with E-state index in [1.807, 2.05) is 13.8 Å². The highest BCUT2D eigenvalue weighted by Gasteiger charge is 2.29. The second-order valence-corrected chi connectivity index (χ2v) is 4.54. The van der Waals surface area contributed by atoms with Crippen molar-refractivity contribution >= 4 is 6.09 Å². The van der Waals surface area contributed by atoms with E-state index >= 15 is 0 Å². The molecule has 1 saturated heterocycles. The molecule has 1 aromatic rings. The van der Waals surface area contributed by atoms with Gasteiger partial charge in [-0.15, -0.1) is 0 Å². The lowest BCUT2D eigenvalue weighted by Gasteiger charge is -2.34. The number of carbonyl (C=O) groups excluding carboxylic acids is 1. The lowest BCUT2D eigenvalue weighted by atomic mass is 10.0. The van der Waals surface area contributed by atoms with Crippen LogP contribution in [0.2, 0.25) is 0 Å². The summed E-state index contributed by atoms with van der Waals surface area (Å²) in [6.07, 6.45) is 0.330. The van der Waals surface area contributed by atoms with Gasteiger partial charge in [-0.2, -0.15) is 0 Å². The number of rotatable bonds is 2. The Labute approximate surface area is 101 Å². The van der Waals surface area contributed by atoms with Crippen molar-refractivity contribution in [2.75, 3.05) is 6.54 Å². The lowest BCUT2D eigenvalue weighted by Crippen LogP contribution is -2.43. The normalized spacial score (nSPS) is 20.5. The van der Waals surface area contributed by atoms with Gasteiger partial charge in [-0.1, -0.05) is 12.1 Å². The largest absolute Gasteiger partial charge is 0.508 e. The third-order valence-electron chi connectivity index (χ3n) is 3.00. The number of cyclic esters (lactones) is 1. The van der Waals surface area contributed by atoms with Gasteiger partial charge in [-0.25, -0.2) is 4.79 Å². The number of carbonyl (C=O) groups is 1. The summed E-state index contributed by atoms with van der Waals surface area (Å²) >= 11 is 0. The molecule has 0 radical (unpaired) electrons. The monoisotopic (exact) mass is 235 g/mol. The van der Waals surface area contributed by atoms with Crippen molar-refractivity contribution < 1.29 is 14.6 Å². The van der Waals surface area contributed by atoms with Crippen LogP contribution in [0.25, 0.3) is 0 Å². The molecule has 1 fully saturated rings. The fourth-order valence-electron chi connectivity index (χ4n) is 1.99. The molecule has 0 aliphatic carbocycles. The molecule has 1 aliphatic heterocycles. The van der Waals surface area contributed by atoms with Crippen molar-refractivity contribution in [1.82, 2.24) is 4.90 Å². The summed E-state index contributed by atoms with van der Waals surface area (Å²) < 4.78 is 5.39. The molecular formula is C13H17NO3. The van der Waals surface area contributed by atoms with Gasteiger partial charge in [0, 0.05) is 19.0 Å². The number of hydrogen-bond acceptors (Lipinski definition) is 3. The van der Waals surface area contributed by atoms with Gasteiger partial charge in [0.1, 0.15) is 11.9 Å². The van der Waals surface area contributed by atoms with Gasteiger partial charge in [0.15, 0.2) is 0 Å². The summed E-state index contributed by atoms with van der Waals surface area (Å²) in [5, 5.41) is 9.21. The number of nitrogens with zero attached hydrogens (tertiary/aromatic N) is 1. The molecule has 1 unspecified atom stereocenters. The van der Waals surface area contributed by atoms with E-state index < -0.39 is 0 Å². The highest BCUT2D eigenvalue weighted by Crippen LogP contribution is 2.28. The van der Waals surface area contributed by atoms with Crippen molar-refractivity contribution in [2.45, 2.75) is 32.4 Å². The summed E-state index contributed by atoms with van der Waals surface area (Å²) in [5.74, 6) is 0.222. The fraction of sp³-hybridized carbons (Fsp3) is 0.462. The number of amides is 1. The Hall–Kier alpha value is -1.71. The second-order valence-electron chi connectivity index (χ2n) is 4.54. The molecule has 0 aromatic heterocycles. The minimum atomic E-state index is -0.260. The number of aromatic hydroxyl groups is 1. The minimum absolute atomic E-state index is 0.170. The van der Waals surface area contributed by atoms with Crippen molar-refractivity contribution in [1.29, 1.82) is 0 Å². The van der Waals surface area contributed by atoms with E-state index in [1.54, 1.807) is 29.2 Å². The van der Waals surface area contributed by atoms with E-state index in [0.29, 0.717) is 6.54 Å². The van der Waals surface area contributed by atoms with Crippen LogP contribution in [0.5, 0.6) is 5.75 Å². The Kier molecular flexibility index (Phi) is 3.22. The van der Waals surface area contributed by atoms with Crippen LogP contribution in [-0.2, 0) is 4.74 Å². The standard InChI is InChI=1S/C13H17NO3/c1-9(2)14-8-7-12(17-13(14)16)10-3-5-11(15)6-4-10/h3-6,9,12,15H,7-8H2,1-2H3. The molecule has 1 N–H and O–H groups in total. The van der Waals surface area contributed by atoms with Gasteiger partial charge in [-0.3, -0.25) is 0 Å². The summed E-state index contributed by atoms with van der Waals surface area (Å²) in [6, 6.07) is 6.97. The van der Waals surface area contributed by atoms with Crippen LogP contribution in [0.4, 0.5) is 4.79 Å². The third-order valence-corrected chi connectivity index (χ3v) is 3.00. The molecule has 4 heteroatoms. The first kappa shape index (κ1) is 11.8.